The smallest absolute Gasteiger partial charge is 0.336 e. The van der Waals surface area contributed by atoms with Gasteiger partial charge in [-0.05, 0) is 24.6 Å². The number of ether oxygens (including phenoxy) is 1. The average molecular weight is 280 g/mol. The summed E-state index contributed by atoms with van der Waals surface area (Å²) >= 11 is 3.40. The van der Waals surface area contributed by atoms with Crippen molar-refractivity contribution in [2.24, 2.45) is 0 Å². The molecule has 0 saturated carbocycles. The first-order valence-electron chi connectivity index (χ1n) is 4.77. The molecule has 0 saturated heterocycles. The van der Waals surface area contributed by atoms with Crippen LogP contribution < -0.4 is 4.74 Å². The van der Waals surface area contributed by atoms with Crippen LogP contribution in [0.2, 0.25) is 0 Å². The van der Waals surface area contributed by atoms with E-state index in [1.807, 2.05) is 31.2 Å². The summed E-state index contributed by atoms with van der Waals surface area (Å²) in [4.78, 5) is 4.10. The Kier molecular flexibility index (Phi) is 3.46. The maximum absolute atomic E-state index is 5.42. The highest BCUT2D eigenvalue weighted by Gasteiger charge is 2.00. The third-order valence-corrected chi connectivity index (χ3v) is 2.41. The van der Waals surface area contributed by atoms with Crippen molar-refractivity contribution in [2.45, 2.75) is 13.5 Å². The van der Waals surface area contributed by atoms with Crippen LogP contribution in [0.5, 0.6) is 6.01 Å². The highest BCUT2D eigenvalue weighted by molar-refractivity contribution is 9.10. The van der Waals surface area contributed by atoms with Crippen molar-refractivity contribution in [3.8, 4) is 6.01 Å². The number of rotatable bonds is 3. The van der Waals surface area contributed by atoms with Crippen molar-refractivity contribution in [3.05, 3.63) is 46.2 Å². The maximum atomic E-state index is 5.42. The normalized spacial score (nSPS) is 10.1. The molecule has 4 nitrogen and oxygen atoms in total. The molecule has 0 atom stereocenters. The van der Waals surface area contributed by atoms with Gasteiger partial charge in [0.05, 0.1) is 11.9 Å². The van der Waals surface area contributed by atoms with E-state index in [4.69, 9.17) is 4.74 Å². The predicted molar refractivity (Wildman–Crippen MR) is 63.0 cm³/mol. The summed E-state index contributed by atoms with van der Waals surface area (Å²) in [6.07, 6.45) is 1.59. The van der Waals surface area contributed by atoms with E-state index < -0.39 is 0 Å². The van der Waals surface area contributed by atoms with Gasteiger partial charge in [-0.3, -0.25) is 0 Å². The third kappa shape index (κ3) is 3.00. The number of benzene rings is 1. The Labute approximate surface area is 102 Å². The Bertz CT molecular complexity index is 445. The molecular weight excluding hydrogens is 270 g/mol. The second-order valence-corrected chi connectivity index (χ2v) is 4.21. The number of halogens is 1. The van der Waals surface area contributed by atoms with Gasteiger partial charge >= 0.3 is 6.01 Å². The average Bonchev–Trinajstić information content (AvgIpc) is 2.27. The highest BCUT2D eigenvalue weighted by Crippen LogP contribution is 2.13. The topological polar surface area (TPSA) is 47.9 Å². The first kappa shape index (κ1) is 11.0. The number of aromatic nitrogens is 3. The molecule has 0 unspecified atom stereocenters. The second-order valence-electron chi connectivity index (χ2n) is 3.30. The number of aryl methyl sites for hydroxylation is 1. The Morgan fingerprint density at radius 2 is 2.25 bits per heavy atom. The van der Waals surface area contributed by atoms with Crippen LogP contribution in [0.25, 0.3) is 0 Å². The van der Waals surface area contributed by atoms with E-state index >= 15 is 0 Å². The Balaban J connectivity index is 2.02. The fourth-order valence-electron chi connectivity index (χ4n) is 1.20. The molecule has 0 radical (unpaired) electrons. The van der Waals surface area contributed by atoms with Crippen LogP contribution in [0, 0.1) is 6.92 Å². The van der Waals surface area contributed by atoms with Gasteiger partial charge in [0.15, 0.2) is 0 Å². The van der Waals surface area contributed by atoms with E-state index in [0.29, 0.717) is 12.6 Å². The molecule has 1 aromatic carbocycles. The molecule has 0 N–H and O–H groups in total. The lowest BCUT2D eigenvalue weighted by molar-refractivity contribution is 0.275. The van der Waals surface area contributed by atoms with Gasteiger partial charge in [0.1, 0.15) is 6.61 Å². The van der Waals surface area contributed by atoms with Gasteiger partial charge in [-0.2, -0.15) is 10.1 Å². The molecule has 0 fully saturated rings. The molecule has 0 aliphatic carbocycles. The largest absolute Gasteiger partial charge is 0.458 e. The van der Waals surface area contributed by atoms with Crippen molar-refractivity contribution >= 4 is 15.9 Å². The van der Waals surface area contributed by atoms with Crippen LogP contribution in [0.15, 0.2) is 34.9 Å². The summed E-state index contributed by atoms with van der Waals surface area (Å²) in [5, 5.41) is 7.55. The van der Waals surface area contributed by atoms with Gasteiger partial charge in [-0.15, -0.1) is 0 Å². The lowest BCUT2D eigenvalue weighted by atomic mass is 10.2. The van der Waals surface area contributed by atoms with Gasteiger partial charge in [0, 0.05) is 4.47 Å². The molecule has 0 bridgehead atoms. The van der Waals surface area contributed by atoms with E-state index in [1.165, 1.54) is 0 Å². The predicted octanol–water partition coefficient (Wildman–Crippen LogP) is 2.52. The molecule has 82 valence electrons. The van der Waals surface area contributed by atoms with Crippen molar-refractivity contribution in [3.63, 3.8) is 0 Å². The summed E-state index contributed by atoms with van der Waals surface area (Å²) < 4.78 is 6.45. The summed E-state index contributed by atoms with van der Waals surface area (Å²) in [6, 6.07) is 8.20. The van der Waals surface area contributed by atoms with E-state index in [2.05, 4.69) is 31.1 Å². The summed E-state index contributed by atoms with van der Waals surface area (Å²) in [6.45, 7) is 2.28. The minimum absolute atomic E-state index is 0.306. The summed E-state index contributed by atoms with van der Waals surface area (Å²) in [5.74, 6) is 0. The standard InChI is InChI=1S/C11H10BrN3O/c1-8-6-13-15-11(14-8)16-7-9-3-2-4-10(12)5-9/h2-6H,7H2,1H3. The van der Waals surface area contributed by atoms with E-state index in [-0.39, 0.29) is 0 Å². The van der Waals surface area contributed by atoms with Gasteiger partial charge in [0.2, 0.25) is 0 Å². The minimum atomic E-state index is 0.306. The molecule has 2 rings (SSSR count). The molecule has 2 aromatic rings. The summed E-state index contributed by atoms with van der Waals surface area (Å²) in [7, 11) is 0. The monoisotopic (exact) mass is 279 g/mol. The van der Waals surface area contributed by atoms with Crippen LogP contribution in [-0.4, -0.2) is 15.2 Å². The van der Waals surface area contributed by atoms with Gasteiger partial charge in [0.25, 0.3) is 0 Å². The first-order valence-corrected chi connectivity index (χ1v) is 5.57. The molecule has 0 aliphatic heterocycles. The van der Waals surface area contributed by atoms with Crippen LogP contribution in [-0.2, 0) is 6.61 Å². The first-order chi connectivity index (χ1) is 7.74. The summed E-state index contributed by atoms with van der Waals surface area (Å²) in [5.41, 5.74) is 1.85. The zero-order valence-electron chi connectivity index (χ0n) is 8.72. The SMILES string of the molecule is Cc1cnnc(OCc2cccc(Br)c2)n1. The number of nitrogens with zero attached hydrogens (tertiary/aromatic N) is 3. The quantitative estimate of drug-likeness (QED) is 0.866. The van der Waals surface area contributed by atoms with Gasteiger partial charge < -0.3 is 4.74 Å². The van der Waals surface area contributed by atoms with Crippen molar-refractivity contribution in [2.75, 3.05) is 0 Å². The molecule has 5 heteroatoms. The molecule has 1 heterocycles. The van der Waals surface area contributed by atoms with Gasteiger partial charge in [-0.25, -0.2) is 0 Å². The Morgan fingerprint density at radius 1 is 1.38 bits per heavy atom. The fraction of sp³-hybridized carbons (Fsp3) is 0.182. The maximum Gasteiger partial charge on any atom is 0.336 e. The van der Waals surface area contributed by atoms with Crippen LogP contribution in [0.1, 0.15) is 11.3 Å². The van der Waals surface area contributed by atoms with Crippen LogP contribution in [0.3, 0.4) is 0 Å². The lowest BCUT2D eigenvalue weighted by Crippen LogP contribution is -2.01. The Hall–Kier alpha value is -1.49. The zero-order chi connectivity index (χ0) is 11.4. The fourth-order valence-corrected chi connectivity index (χ4v) is 1.65. The van der Waals surface area contributed by atoms with Crippen molar-refractivity contribution in [1.29, 1.82) is 0 Å². The molecule has 0 amide bonds. The zero-order valence-corrected chi connectivity index (χ0v) is 10.3. The van der Waals surface area contributed by atoms with Crippen LogP contribution >= 0.6 is 15.9 Å². The highest BCUT2D eigenvalue weighted by atomic mass is 79.9. The lowest BCUT2D eigenvalue weighted by Gasteiger charge is -2.04. The molecule has 1 aromatic heterocycles. The Morgan fingerprint density at radius 3 is 3.00 bits per heavy atom. The third-order valence-electron chi connectivity index (χ3n) is 1.92. The second kappa shape index (κ2) is 5.03. The van der Waals surface area contributed by atoms with Gasteiger partial charge in [-0.1, -0.05) is 33.2 Å². The van der Waals surface area contributed by atoms with Crippen molar-refractivity contribution in [1.82, 2.24) is 15.2 Å². The molecule has 0 spiro atoms. The van der Waals surface area contributed by atoms with Crippen LogP contribution in [0.4, 0.5) is 0 Å². The number of hydrogen-bond acceptors (Lipinski definition) is 4. The van der Waals surface area contributed by atoms with E-state index in [0.717, 1.165) is 15.7 Å². The van der Waals surface area contributed by atoms with E-state index in [9.17, 15) is 0 Å². The molecule has 0 aliphatic rings. The number of hydrogen-bond donors (Lipinski definition) is 0. The van der Waals surface area contributed by atoms with E-state index in [1.54, 1.807) is 6.20 Å². The minimum Gasteiger partial charge on any atom is -0.458 e. The van der Waals surface area contributed by atoms with Crippen molar-refractivity contribution < 1.29 is 4.74 Å². The molecular formula is C11H10BrN3O. The molecule has 16 heavy (non-hydrogen) atoms.